The second-order valence-electron chi connectivity index (χ2n) is 7.41. The lowest BCUT2D eigenvalue weighted by Crippen LogP contribution is -2.28. The van der Waals surface area contributed by atoms with E-state index in [2.05, 4.69) is 0 Å². The van der Waals surface area contributed by atoms with Crippen molar-refractivity contribution in [2.24, 2.45) is 0 Å². The Kier molecular flexibility index (Phi) is 5.75. The highest BCUT2D eigenvalue weighted by Gasteiger charge is 2.20. The maximum absolute atomic E-state index is 12.9. The maximum atomic E-state index is 12.9. The largest absolute Gasteiger partial charge is 0.457 e. The summed E-state index contributed by atoms with van der Waals surface area (Å²) < 4.78 is 11.6. The van der Waals surface area contributed by atoms with Crippen LogP contribution in [-0.2, 0) is 14.3 Å². The normalized spacial score (nSPS) is 11.3. The van der Waals surface area contributed by atoms with Gasteiger partial charge in [-0.15, -0.1) is 0 Å². The van der Waals surface area contributed by atoms with E-state index in [0.717, 1.165) is 0 Å². The van der Waals surface area contributed by atoms with Crippen molar-refractivity contribution >= 4 is 34.3 Å². The Morgan fingerprint density at radius 2 is 1.72 bits per heavy atom. The molecule has 0 fully saturated rings. The monoisotopic (exact) mass is 413 g/mol. The number of hydrogen-bond donors (Lipinski definition) is 0. The van der Waals surface area contributed by atoms with E-state index in [1.54, 1.807) is 69.3 Å². The van der Waals surface area contributed by atoms with Crippen molar-refractivity contribution in [3.05, 3.63) is 75.7 Å². The summed E-state index contributed by atoms with van der Waals surface area (Å²) in [7, 11) is 0. The van der Waals surface area contributed by atoms with Crippen LogP contribution in [0.2, 0.25) is 5.02 Å². The fourth-order valence-corrected chi connectivity index (χ4v) is 3.03. The van der Waals surface area contributed by atoms with Crippen LogP contribution in [0.25, 0.3) is 16.5 Å². The molecule has 0 amide bonds. The zero-order chi connectivity index (χ0) is 21.2. The topological polar surface area (TPSA) is 74.6 Å². The average Bonchev–Trinajstić information content (AvgIpc) is 2.65. The first-order valence-electron chi connectivity index (χ1n) is 8.95. The fraction of sp³-hybridized carbons (Fsp3) is 0.227. The number of benzene rings is 2. The van der Waals surface area contributed by atoms with Crippen LogP contribution in [0, 0.1) is 0 Å². The van der Waals surface area contributed by atoms with Gasteiger partial charge >= 0.3 is 11.9 Å². The molecule has 2 aromatic carbocycles. The molecule has 1 heterocycles. The van der Waals surface area contributed by atoms with Crippen molar-refractivity contribution in [1.82, 2.24) is 4.57 Å². The van der Waals surface area contributed by atoms with Crippen LogP contribution in [0.15, 0.2) is 59.5 Å². The molecule has 150 valence electrons. The highest BCUT2D eigenvalue weighted by Crippen LogP contribution is 2.20. The molecule has 0 spiro atoms. The van der Waals surface area contributed by atoms with E-state index in [-0.39, 0.29) is 11.1 Å². The minimum absolute atomic E-state index is 0.156. The number of pyridine rings is 1. The number of ether oxygens (including phenoxy) is 2. The second kappa shape index (κ2) is 8.09. The van der Waals surface area contributed by atoms with E-state index in [1.807, 2.05) is 0 Å². The van der Waals surface area contributed by atoms with Crippen LogP contribution >= 0.6 is 11.6 Å². The molecular formula is C22H20ClNO5. The first kappa shape index (κ1) is 20.6. The predicted molar refractivity (Wildman–Crippen MR) is 111 cm³/mol. The molecule has 0 bridgehead atoms. The standard InChI is InChI=1S/C22H20ClNO5/c1-22(2,3)29-19(25)13-28-21(27)18-12-24(15-8-6-7-14(23)11-15)20(26)17-10-5-4-9-16(17)18/h4-12H,13H2,1-3H3. The van der Waals surface area contributed by atoms with Crippen LogP contribution in [0.5, 0.6) is 0 Å². The van der Waals surface area contributed by atoms with Gasteiger partial charge in [-0.05, 0) is 45.0 Å². The first-order chi connectivity index (χ1) is 13.7. The Balaban J connectivity index is 2.01. The number of rotatable bonds is 4. The van der Waals surface area contributed by atoms with E-state index < -0.39 is 24.1 Å². The third-order valence-corrected chi connectivity index (χ3v) is 4.21. The highest BCUT2D eigenvalue weighted by molar-refractivity contribution is 6.30. The summed E-state index contributed by atoms with van der Waals surface area (Å²) in [6.07, 6.45) is 1.40. The quantitative estimate of drug-likeness (QED) is 0.601. The average molecular weight is 414 g/mol. The zero-order valence-corrected chi connectivity index (χ0v) is 17.0. The van der Waals surface area contributed by atoms with Gasteiger partial charge in [0.25, 0.3) is 5.56 Å². The molecule has 1 aromatic heterocycles. The predicted octanol–water partition coefficient (Wildman–Crippen LogP) is 4.14. The van der Waals surface area contributed by atoms with Gasteiger partial charge in [-0.25, -0.2) is 9.59 Å². The Morgan fingerprint density at radius 1 is 1.03 bits per heavy atom. The van der Waals surface area contributed by atoms with Gasteiger partial charge in [-0.1, -0.05) is 35.9 Å². The molecule has 0 N–H and O–H groups in total. The Morgan fingerprint density at radius 3 is 2.38 bits per heavy atom. The maximum Gasteiger partial charge on any atom is 0.344 e. The van der Waals surface area contributed by atoms with Crippen molar-refractivity contribution in [2.45, 2.75) is 26.4 Å². The van der Waals surface area contributed by atoms with Gasteiger partial charge in [0.15, 0.2) is 6.61 Å². The Hall–Kier alpha value is -3.12. The highest BCUT2D eigenvalue weighted by atomic mass is 35.5. The number of fused-ring (bicyclic) bond motifs is 1. The molecule has 6 nitrogen and oxygen atoms in total. The summed E-state index contributed by atoms with van der Waals surface area (Å²) in [5, 5.41) is 1.24. The van der Waals surface area contributed by atoms with Crippen LogP contribution in [0.4, 0.5) is 0 Å². The minimum atomic E-state index is -0.733. The van der Waals surface area contributed by atoms with Crippen molar-refractivity contribution in [3.63, 3.8) is 0 Å². The van der Waals surface area contributed by atoms with Crippen molar-refractivity contribution < 1.29 is 19.1 Å². The molecule has 0 aliphatic heterocycles. The SMILES string of the molecule is CC(C)(C)OC(=O)COC(=O)c1cn(-c2cccc(Cl)c2)c(=O)c2ccccc12. The molecule has 0 aliphatic carbocycles. The molecule has 3 rings (SSSR count). The third kappa shape index (κ3) is 4.84. The van der Waals surface area contributed by atoms with E-state index in [0.29, 0.717) is 21.5 Å². The first-order valence-corrected chi connectivity index (χ1v) is 9.33. The number of hydrogen-bond acceptors (Lipinski definition) is 5. The van der Waals surface area contributed by atoms with Crippen LogP contribution < -0.4 is 5.56 Å². The van der Waals surface area contributed by atoms with Crippen LogP contribution in [-0.4, -0.2) is 28.7 Å². The van der Waals surface area contributed by atoms with Gasteiger partial charge in [0.2, 0.25) is 0 Å². The summed E-state index contributed by atoms with van der Waals surface area (Å²) in [5.41, 5.74) is -0.319. The molecule has 29 heavy (non-hydrogen) atoms. The lowest BCUT2D eigenvalue weighted by molar-refractivity contribution is -0.158. The number of carbonyl (C=O) groups excluding carboxylic acids is 2. The van der Waals surface area contributed by atoms with E-state index >= 15 is 0 Å². The molecule has 3 aromatic rings. The summed E-state index contributed by atoms with van der Waals surface area (Å²) in [6.45, 7) is 4.64. The third-order valence-electron chi connectivity index (χ3n) is 3.97. The van der Waals surface area contributed by atoms with Crippen molar-refractivity contribution in [3.8, 4) is 5.69 Å². The number of aromatic nitrogens is 1. The van der Waals surface area contributed by atoms with Gasteiger partial charge in [0.05, 0.1) is 11.3 Å². The minimum Gasteiger partial charge on any atom is -0.457 e. The van der Waals surface area contributed by atoms with Crippen LogP contribution in [0.3, 0.4) is 0 Å². The fourth-order valence-electron chi connectivity index (χ4n) is 2.85. The summed E-state index contributed by atoms with van der Waals surface area (Å²) >= 11 is 6.05. The van der Waals surface area contributed by atoms with E-state index in [4.69, 9.17) is 21.1 Å². The number of nitrogens with zero attached hydrogens (tertiary/aromatic N) is 1. The number of esters is 2. The molecule has 0 aliphatic rings. The second-order valence-corrected chi connectivity index (χ2v) is 7.84. The summed E-state index contributed by atoms with van der Waals surface area (Å²) in [5.74, 6) is -1.39. The molecule has 0 saturated heterocycles. The van der Waals surface area contributed by atoms with Gasteiger partial charge < -0.3 is 9.47 Å². The Labute approximate surface area is 172 Å². The van der Waals surface area contributed by atoms with Gasteiger partial charge in [-0.3, -0.25) is 9.36 Å². The molecule has 7 heteroatoms. The van der Waals surface area contributed by atoms with Crippen molar-refractivity contribution in [1.29, 1.82) is 0 Å². The lowest BCUT2D eigenvalue weighted by atomic mass is 10.1. The van der Waals surface area contributed by atoms with Gasteiger partial charge in [0, 0.05) is 22.0 Å². The van der Waals surface area contributed by atoms with Gasteiger partial charge in [-0.2, -0.15) is 0 Å². The molecule has 0 atom stereocenters. The number of carbonyl (C=O) groups is 2. The Bertz CT molecular complexity index is 1140. The molecule has 0 unspecified atom stereocenters. The summed E-state index contributed by atoms with van der Waals surface area (Å²) in [4.78, 5) is 37.5. The number of halogens is 1. The van der Waals surface area contributed by atoms with Crippen LogP contribution in [0.1, 0.15) is 31.1 Å². The van der Waals surface area contributed by atoms with E-state index in [1.165, 1.54) is 10.8 Å². The lowest BCUT2D eigenvalue weighted by Gasteiger charge is -2.19. The zero-order valence-electron chi connectivity index (χ0n) is 16.3. The summed E-state index contributed by atoms with van der Waals surface area (Å²) in [6, 6.07) is 13.4. The smallest absolute Gasteiger partial charge is 0.344 e. The van der Waals surface area contributed by atoms with Gasteiger partial charge in [0.1, 0.15) is 5.60 Å². The van der Waals surface area contributed by atoms with E-state index in [9.17, 15) is 14.4 Å². The molecule has 0 saturated carbocycles. The molecular weight excluding hydrogens is 394 g/mol. The van der Waals surface area contributed by atoms with Crippen molar-refractivity contribution in [2.75, 3.05) is 6.61 Å². The molecule has 0 radical (unpaired) electrons.